The van der Waals surface area contributed by atoms with Crippen LogP contribution in [-0.2, 0) is 10.0 Å². The van der Waals surface area contributed by atoms with Gasteiger partial charge in [-0.2, -0.15) is 4.31 Å². The standard InChI is InChI=1S/C14H20FNO3S/c1-11-6-7-12(15)10-14(11)20(18,19)16-8-2-4-13(16)5-3-9-17/h6-7,10,13,17H,2-5,8-9H2,1H3. The third-order valence-corrected chi connectivity index (χ3v) is 5.85. The molecule has 1 aromatic rings. The van der Waals surface area contributed by atoms with E-state index in [1.807, 2.05) is 0 Å². The molecule has 0 aromatic heterocycles. The second kappa shape index (κ2) is 6.20. The molecule has 0 bridgehead atoms. The van der Waals surface area contributed by atoms with Crippen molar-refractivity contribution in [2.75, 3.05) is 13.2 Å². The van der Waals surface area contributed by atoms with Crippen molar-refractivity contribution in [2.45, 2.75) is 43.5 Å². The summed E-state index contributed by atoms with van der Waals surface area (Å²) in [7, 11) is -3.66. The Morgan fingerprint density at radius 2 is 2.20 bits per heavy atom. The number of halogens is 1. The zero-order valence-corrected chi connectivity index (χ0v) is 12.4. The summed E-state index contributed by atoms with van der Waals surface area (Å²) in [6.45, 7) is 2.20. The van der Waals surface area contributed by atoms with Crippen LogP contribution in [0.15, 0.2) is 23.1 Å². The molecule has 1 aromatic carbocycles. The molecule has 2 rings (SSSR count). The maximum Gasteiger partial charge on any atom is 0.243 e. The predicted molar refractivity (Wildman–Crippen MR) is 74.4 cm³/mol. The van der Waals surface area contributed by atoms with Crippen molar-refractivity contribution < 1.29 is 17.9 Å². The monoisotopic (exact) mass is 301 g/mol. The minimum Gasteiger partial charge on any atom is -0.396 e. The Labute approximate surface area is 119 Å². The van der Waals surface area contributed by atoms with Gasteiger partial charge in [0.2, 0.25) is 10.0 Å². The van der Waals surface area contributed by atoms with Gasteiger partial charge in [-0.1, -0.05) is 6.07 Å². The lowest BCUT2D eigenvalue weighted by molar-refractivity contribution is 0.264. The van der Waals surface area contributed by atoms with Crippen molar-refractivity contribution in [3.8, 4) is 0 Å². The molecule has 1 saturated heterocycles. The summed E-state index contributed by atoms with van der Waals surface area (Å²) in [4.78, 5) is 0.0494. The van der Waals surface area contributed by atoms with E-state index in [2.05, 4.69) is 0 Å². The third-order valence-electron chi connectivity index (χ3n) is 3.76. The summed E-state index contributed by atoms with van der Waals surface area (Å²) in [6.07, 6.45) is 2.83. The molecule has 0 amide bonds. The highest BCUT2D eigenvalue weighted by atomic mass is 32.2. The SMILES string of the molecule is Cc1ccc(F)cc1S(=O)(=O)N1CCCC1CCCO. The first-order chi connectivity index (χ1) is 9.46. The molecule has 0 aliphatic carbocycles. The molecule has 1 aliphatic rings. The maximum absolute atomic E-state index is 13.3. The van der Waals surface area contributed by atoms with Crippen LogP contribution in [0.4, 0.5) is 4.39 Å². The van der Waals surface area contributed by atoms with Gasteiger partial charge in [-0.05, 0) is 50.3 Å². The number of rotatable bonds is 5. The fraction of sp³-hybridized carbons (Fsp3) is 0.571. The Morgan fingerprint density at radius 3 is 2.90 bits per heavy atom. The minimum atomic E-state index is -3.66. The molecule has 0 saturated carbocycles. The van der Waals surface area contributed by atoms with Gasteiger partial charge in [-0.25, -0.2) is 12.8 Å². The molecule has 1 N–H and O–H groups in total. The van der Waals surface area contributed by atoms with Gasteiger partial charge in [-0.3, -0.25) is 0 Å². The van der Waals surface area contributed by atoms with Gasteiger partial charge in [0, 0.05) is 19.2 Å². The lowest BCUT2D eigenvalue weighted by Gasteiger charge is -2.24. The minimum absolute atomic E-state index is 0.0494. The number of nitrogens with zero attached hydrogens (tertiary/aromatic N) is 1. The smallest absolute Gasteiger partial charge is 0.243 e. The average Bonchev–Trinajstić information content (AvgIpc) is 2.88. The van der Waals surface area contributed by atoms with E-state index in [0.29, 0.717) is 24.9 Å². The van der Waals surface area contributed by atoms with Crippen LogP contribution in [0.5, 0.6) is 0 Å². The highest BCUT2D eigenvalue weighted by Gasteiger charge is 2.35. The second-order valence-corrected chi connectivity index (χ2v) is 7.05. The summed E-state index contributed by atoms with van der Waals surface area (Å²) in [5.41, 5.74) is 0.555. The summed E-state index contributed by atoms with van der Waals surface area (Å²) in [5.74, 6) is -0.541. The van der Waals surface area contributed by atoms with E-state index in [1.54, 1.807) is 6.92 Å². The Kier molecular flexibility index (Phi) is 4.78. The molecule has 1 aliphatic heterocycles. The molecule has 0 spiro atoms. The van der Waals surface area contributed by atoms with Crippen LogP contribution in [0, 0.1) is 12.7 Å². The third kappa shape index (κ3) is 3.02. The van der Waals surface area contributed by atoms with Crippen molar-refractivity contribution in [3.63, 3.8) is 0 Å². The Balaban J connectivity index is 2.31. The quantitative estimate of drug-likeness (QED) is 0.905. The van der Waals surface area contributed by atoms with E-state index in [-0.39, 0.29) is 17.5 Å². The zero-order chi connectivity index (χ0) is 14.8. The highest BCUT2D eigenvalue weighted by molar-refractivity contribution is 7.89. The summed E-state index contributed by atoms with van der Waals surface area (Å²) in [6, 6.07) is 3.75. The number of hydrogen-bond donors (Lipinski definition) is 1. The molecule has 112 valence electrons. The lowest BCUT2D eigenvalue weighted by Crippen LogP contribution is -2.36. The Bertz CT molecular complexity index is 574. The van der Waals surface area contributed by atoms with Crippen LogP contribution in [0.2, 0.25) is 0 Å². The zero-order valence-electron chi connectivity index (χ0n) is 11.5. The van der Waals surface area contributed by atoms with Gasteiger partial charge < -0.3 is 5.11 Å². The number of sulfonamides is 1. The van der Waals surface area contributed by atoms with E-state index in [9.17, 15) is 12.8 Å². The Hall–Kier alpha value is -0.980. The number of aliphatic hydroxyl groups is 1. The van der Waals surface area contributed by atoms with Crippen LogP contribution in [0.25, 0.3) is 0 Å². The van der Waals surface area contributed by atoms with Crippen LogP contribution >= 0.6 is 0 Å². The van der Waals surface area contributed by atoms with E-state index in [1.165, 1.54) is 16.4 Å². The van der Waals surface area contributed by atoms with Crippen LogP contribution in [0.1, 0.15) is 31.2 Å². The average molecular weight is 301 g/mol. The molecule has 20 heavy (non-hydrogen) atoms. The van der Waals surface area contributed by atoms with Crippen molar-refractivity contribution in [3.05, 3.63) is 29.6 Å². The molecule has 0 radical (unpaired) electrons. The number of aliphatic hydroxyl groups excluding tert-OH is 1. The van der Waals surface area contributed by atoms with Gasteiger partial charge in [0.15, 0.2) is 0 Å². The first-order valence-electron chi connectivity index (χ1n) is 6.85. The second-order valence-electron chi connectivity index (χ2n) is 5.19. The number of hydrogen-bond acceptors (Lipinski definition) is 3. The van der Waals surface area contributed by atoms with Crippen LogP contribution in [-0.4, -0.2) is 37.0 Å². The molecule has 1 unspecified atom stereocenters. The van der Waals surface area contributed by atoms with Crippen molar-refractivity contribution in [1.29, 1.82) is 0 Å². The van der Waals surface area contributed by atoms with Gasteiger partial charge >= 0.3 is 0 Å². The summed E-state index contributed by atoms with van der Waals surface area (Å²) >= 11 is 0. The summed E-state index contributed by atoms with van der Waals surface area (Å²) < 4.78 is 40.2. The molecule has 1 atom stereocenters. The van der Waals surface area contributed by atoms with Crippen molar-refractivity contribution in [2.24, 2.45) is 0 Å². The van der Waals surface area contributed by atoms with Gasteiger partial charge in [0.05, 0.1) is 4.90 Å². The first kappa shape index (κ1) is 15.4. The number of benzene rings is 1. The van der Waals surface area contributed by atoms with Crippen LogP contribution < -0.4 is 0 Å². The molecule has 1 fully saturated rings. The summed E-state index contributed by atoms with van der Waals surface area (Å²) in [5, 5.41) is 8.90. The maximum atomic E-state index is 13.3. The fourth-order valence-electron chi connectivity index (χ4n) is 2.72. The first-order valence-corrected chi connectivity index (χ1v) is 8.29. The van der Waals surface area contributed by atoms with E-state index >= 15 is 0 Å². The molecule has 1 heterocycles. The van der Waals surface area contributed by atoms with E-state index < -0.39 is 15.8 Å². The lowest BCUT2D eigenvalue weighted by atomic mass is 10.1. The molecule has 6 heteroatoms. The van der Waals surface area contributed by atoms with Gasteiger partial charge in [-0.15, -0.1) is 0 Å². The van der Waals surface area contributed by atoms with Gasteiger partial charge in [0.25, 0.3) is 0 Å². The van der Waals surface area contributed by atoms with Gasteiger partial charge in [0.1, 0.15) is 5.82 Å². The van der Waals surface area contributed by atoms with Crippen molar-refractivity contribution >= 4 is 10.0 Å². The molecular weight excluding hydrogens is 281 g/mol. The normalized spacial score (nSPS) is 20.4. The van der Waals surface area contributed by atoms with Crippen molar-refractivity contribution in [1.82, 2.24) is 4.31 Å². The fourth-order valence-corrected chi connectivity index (χ4v) is 4.68. The number of aryl methyl sites for hydroxylation is 1. The van der Waals surface area contributed by atoms with Crippen LogP contribution in [0.3, 0.4) is 0 Å². The predicted octanol–water partition coefficient (Wildman–Crippen LogP) is 2.06. The Morgan fingerprint density at radius 1 is 1.45 bits per heavy atom. The topological polar surface area (TPSA) is 57.6 Å². The molecule has 4 nitrogen and oxygen atoms in total. The molecular formula is C14H20FNO3S. The largest absolute Gasteiger partial charge is 0.396 e. The van der Waals surface area contributed by atoms with E-state index in [4.69, 9.17) is 5.11 Å². The van der Waals surface area contributed by atoms with E-state index in [0.717, 1.165) is 18.9 Å². The highest BCUT2D eigenvalue weighted by Crippen LogP contribution is 2.30.